The van der Waals surface area contributed by atoms with Crippen LogP contribution in [-0.4, -0.2) is 38.7 Å². The molecule has 0 atom stereocenters. The van der Waals surface area contributed by atoms with E-state index in [0.717, 1.165) is 31.7 Å². The summed E-state index contributed by atoms with van der Waals surface area (Å²) >= 11 is 1.53. The molecule has 1 aliphatic heterocycles. The Labute approximate surface area is 160 Å². The number of fused-ring (bicyclic) bond motifs is 1. The largest absolute Gasteiger partial charge is 0.298 e. The van der Waals surface area contributed by atoms with Gasteiger partial charge in [-0.2, -0.15) is 5.10 Å². The Morgan fingerprint density at radius 2 is 2.11 bits per heavy atom. The minimum absolute atomic E-state index is 0.237. The molecule has 1 aromatic carbocycles. The Balaban J connectivity index is 1.53. The molecule has 0 aliphatic carbocycles. The molecule has 0 bridgehead atoms. The second-order valence-corrected chi connectivity index (χ2v) is 7.58. The Hall–Kier alpha value is -2.58. The maximum absolute atomic E-state index is 13.1. The number of nitrogens with one attached hydrogen (secondary N) is 1. The second-order valence-electron chi connectivity index (χ2n) is 6.49. The van der Waals surface area contributed by atoms with Gasteiger partial charge >= 0.3 is 0 Å². The first-order chi connectivity index (χ1) is 13.0. The zero-order valence-corrected chi connectivity index (χ0v) is 16.0. The molecule has 27 heavy (non-hydrogen) atoms. The number of rotatable bonds is 4. The van der Waals surface area contributed by atoms with Gasteiger partial charge in [-0.25, -0.2) is 14.1 Å². The summed E-state index contributed by atoms with van der Waals surface area (Å²) in [5.74, 6) is -0.546. The number of likely N-dealkylation sites (N-methyl/N-ethyl adjacent to an activating group) is 1. The van der Waals surface area contributed by atoms with Crippen molar-refractivity contribution < 1.29 is 9.18 Å². The summed E-state index contributed by atoms with van der Waals surface area (Å²) in [5, 5.41) is 7.80. The number of thiazole rings is 1. The third-order valence-corrected chi connectivity index (χ3v) is 5.80. The van der Waals surface area contributed by atoms with E-state index >= 15 is 0 Å². The van der Waals surface area contributed by atoms with E-state index in [1.807, 2.05) is 6.92 Å². The van der Waals surface area contributed by atoms with E-state index in [-0.39, 0.29) is 11.7 Å². The maximum Gasteiger partial charge on any atom is 0.260 e. The fourth-order valence-corrected chi connectivity index (χ4v) is 4.26. The molecule has 0 saturated carbocycles. The second kappa shape index (κ2) is 7.21. The zero-order chi connectivity index (χ0) is 19.0. The van der Waals surface area contributed by atoms with Gasteiger partial charge in [0.05, 0.1) is 28.8 Å². The summed E-state index contributed by atoms with van der Waals surface area (Å²) in [6.07, 6.45) is 2.44. The lowest BCUT2D eigenvalue weighted by Crippen LogP contribution is -2.29. The molecular formula is C19H20FN5OS. The van der Waals surface area contributed by atoms with Crippen LogP contribution in [0.1, 0.15) is 33.5 Å². The predicted molar refractivity (Wildman–Crippen MR) is 103 cm³/mol. The van der Waals surface area contributed by atoms with Crippen LogP contribution in [0.15, 0.2) is 30.5 Å². The van der Waals surface area contributed by atoms with Crippen molar-refractivity contribution in [2.75, 3.05) is 18.4 Å². The molecule has 4 rings (SSSR count). The molecule has 1 aliphatic rings. The Morgan fingerprint density at radius 1 is 1.33 bits per heavy atom. The number of carbonyl (C=O) groups excluding carboxylic acids is 1. The predicted octanol–water partition coefficient (Wildman–Crippen LogP) is 3.41. The van der Waals surface area contributed by atoms with Crippen LogP contribution >= 0.6 is 11.3 Å². The summed E-state index contributed by atoms with van der Waals surface area (Å²) in [6.45, 7) is 6.87. The Morgan fingerprint density at radius 3 is 2.85 bits per heavy atom. The van der Waals surface area contributed by atoms with Gasteiger partial charge in [0.15, 0.2) is 5.13 Å². The van der Waals surface area contributed by atoms with Gasteiger partial charge < -0.3 is 0 Å². The van der Waals surface area contributed by atoms with Crippen molar-refractivity contribution in [1.29, 1.82) is 0 Å². The van der Waals surface area contributed by atoms with Gasteiger partial charge in [-0.15, -0.1) is 11.3 Å². The van der Waals surface area contributed by atoms with Gasteiger partial charge in [0, 0.05) is 24.4 Å². The molecule has 140 valence electrons. The van der Waals surface area contributed by atoms with E-state index in [2.05, 4.69) is 27.2 Å². The smallest absolute Gasteiger partial charge is 0.260 e. The van der Waals surface area contributed by atoms with E-state index in [9.17, 15) is 9.18 Å². The van der Waals surface area contributed by atoms with Crippen molar-refractivity contribution >= 4 is 22.4 Å². The lowest BCUT2D eigenvalue weighted by atomic mass is 10.2. The summed E-state index contributed by atoms with van der Waals surface area (Å²) in [6, 6.07) is 6.00. The van der Waals surface area contributed by atoms with Gasteiger partial charge in [-0.05, 0) is 37.7 Å². The molecule has 3 aromatic rings. The molecule has 1 N–H and O–H groups in total. The number of aromatic nitrogens is 3. The number of anilines is 1. The van der Waals surface area contributed by atoms with Crippen molar-refractivity contribution in [2.45, 2.75) is 26.8 Å². The minimum Gasteiger partial charge on any atom is -0.298 e. The zero-order valence-electron chi connectivity index (χ0n) is 15.2. The average molecular weight is 385 g/mol. The molecule has 2 aromatic heterocycles. The van der Waals surface area contributed by atoms with Crippen molar-refractivity contribution in [1.82, 2.24) is 19.7 Å². The molecule has 0 fully saturated rings. The first-order valence-electron chi connectivity index (χ1n) is 8.88. The Kier molecular flexibility index (Phi) is 4.75. The third-order valence-electron chi connectivity index (χ3n) is 4.80. The summed E-state index contributed by atoms with van der Waals surface area (Å²) in [5.41, 5.74) is 2.95. The number of nitrogens with zero attached hydrogens (tertiary/aromatic N) is 4. The van der Waals surface area contributed by atoms with Gasteiger partial charge in [-0.3, -0.25) is 15.0 Å². The highest BCUT2D eigenvalue weighted by atomic mass is 32.1. The lowest BCUT2D eigenvalue weighted by molar-refractivity contribution is 0.102. The molecule has 8 heteroatoms. The number of amides is 1. The molecule has 0 radical (unpaired) electrons. The minimum atomic E-state index is -0.309. The molecule has 0 saturated heterocycles. The van der Waals surface area contributed by atoms with Gasteiger partial charge in [0.2, 0.25) is 0 Å². The monoisotopic (exact) mass is 385 g/mol. The van der Waals surface area contributed by atoms with Crippen LogP contribution in [0, 0.1) is 12.7 Å². The lowest BCUT2D eigenvalue weighted by Gasteiger charge is -2.23. The molecule has 0 spiro atoms. The highest BCUT2D eigenvalue weighted by Gasteiger charge is 2.22. The van der Waals surface area contributed by atoms with E-state index in [1.165, 1.54) is 34.5 Å². The topological polar surface area (TPSA) is 63.1 Å². The molecule has 6 nitrogen and oxygen atoms in total. The normalized spacial score (nSPS) is 14.2. The first kappa shape index (κ1) is 17.8. The first-order valence-corrected chi connectivity index (χ1v) is 9.69. The van der Waals surface area contributed by atoms with Crippen LogP contribution in [-0.2, 0) is 13.0 Å². The summed E-state index contributed by atoms with van der Waals surface area (Å²) in [4.78, 5) is 20.9. The quantitative estimate of drug-likeness (QED) is 0.748. The van der Waals surface area contributed by atoms with E-state index in [1.54, 1.807) is 16.8 Å². The number of carbonyl (C=O) groups is 1. The summed E-state index contributed by atoms with van der Waals surface area (Å²) in [7, 11) is 0. The standard InChI is InChI=1S/C19H20FN5OS/c1-3-24-9-8-16-17(11-24)27-19(22-16)23-18(26)15-10-21-25(12(15)2)14-6-4-13(20)5-7-14/h4-7,10H,3,8-9,11H2,1-2H3,(H,22,23,26). The van der Waals surface area contributed by atoms with Gasteiger partial charge in [0.25, 0.3) is 5.91 Å². The van der Waals surface area contributed by atoms with E-state index in [0.29, 0.717) is 22.1 Å². The van der Waals surface area contributed by atoms with Crippen LogP contribution < -0.4 is 5.32 Å². The molecule has 1 amide bonds. The van der Waals surface area contributed by atoms with Crippen LogP contribution in [0.25, 0.3) is 5.69 Å². The third kappa shape index (κ3) is 3.50. The fraction of sp³-hybridized carbons (Fsp3) is 0.316. The number of benzene rings is 1. The van der Waals surface area contributed by atoms with Crippen LogP contribution in [0.2, 0.25) is 0 Å². The maximum atomic E-state index is 13.1. The van der Waals surface area contributed by atoms with Gasteiger partial charge in [-0.1, -0.05) is 6.92 Å². The van der Waals surface area contributed by atoms with Crippen molar-refractivity contribution in [3.63, 3.8) is 0 Å². The van der Waals surface area contributed by atoms with Crippen LogP contribution in [0.3, 0.4) is 0 Å². The number of hydrogen-bond donors (Lipinski definition) is 1. The molecule has 0 unspecified atom stereocenters. The van der Waals surface area contributed by atoms with E-state index in [4.69, 9.17) is 0 Å². The number of halogens is 1. The Bertz CT molecular complexity index is 979. The highest BCUT2D eigenvalue weighted by Crippen LogP contribution is 2.28. The van der Waals surface area contributed by atoms with Crippen molar-refractivity contribution in [2.24, 2.45) is 0 Å². The fourth-order valence-electron chi connectivity index (χ4n) is 3.21. The van der Waals surface area contributed by atoms with Crippen molar-refractivity contribution in [3.05, 3.63) is 58.1 Å². The highest BCUT2D eigenvalue weighted by molar-refractivity contribution is 7.15. The summed E-state index contributed by atoms with van der Waals surface area (Å²) < 4.78 is 14.7. The van der Waals surface area contributed by atoms with Crippen LogP contribution in [0.5, 0.6) is 0 Å². The molecule has 3 heterocycles. The average Bonchev–Trinajstić information content (AvgIpc) is 3.24. The SMILES string of the molecule is CCN1CCc2nc(NC(=O)c3cnn(-c4ccc(F)cc4)c3C)sc2C1. The van der Waals surface area contributed by atoms with E-state index < -0.39 is 0 Å². The number of hydrogen-bond acceptors (Lipinski definition) is 5. The molecular weight excluding hydrogens is 365 g/mol. The van der Waals surface area contributed by atoms with Gasteiger partial charge in [0.1, 0.15) is 5.82 Å². The van der Waals surface area contributed by atoms with Crippen molar-refractivity contribution in [3.8, 4) is 5.69 Å². The van der Waals surface area contributed by atoms with Crippen LogP contribution in [0.4, 0.5) is 9.52 Å².